The topological polar surface area (TPSA) is 84.8 Å². The molecule has 1 aliphatic rings. The van der Waals surface area contributed by atoms with E-state index in [0.717, 1.165) is 10.5 Å². The van der Waals surface area contributed by atoms with Crippen molar-refractivity contribution >= 4 is 33.6 Å². The second-order valence-electron chi connectivity index (χ2n) is 5.94. The first-order chi connectivity index (χ1) is 13.0. The molecule has 0 saturated heterocycles. The Kier molecular flexibility index (Phi) is 6.18. The van der Waals surface area contributed by atoms with E-state index >= 15 is 0 Å². The molecule has 0 fully saturated rings. The molecule has 1 N–H and O–H groups in total. The summed E-state index contributed by atoms with van der Waals surface area (Å²) in [6.07, 6.45) is 2.72. The van der Waals surface area contributed by atoms with Crippen LogP contribution in [0.1, 0.15) is 24.0 Å². The average Bonchev–Trinajstić information content (AvgIpc) is 2.95. The SMILES string of the molecule is CSc1ccc(COC(=O)CCCN=C2NS(=O)(=O)c3ccccc32)cc1. The lowest BCUT2D eigenvalue weighted by atomic mass is 10.2. The highest BCUT2D eigenvalue weighted by molar-refractivity contribution is 7.98. The van der Waals surface area contributed by atoms with E-state index in [4.69, 9.17) is 4.74 Å². The van der Waals surface area contributed by atoms with Crippen LogP contribution >= 0.6 is 11.8 Å². The Morgan fingerprint density at radius 1 is 1.15 bits per heavy atom. The quantitative estimate of drug-likeness (QED) is 0.436. The highest BCUT2D eigenvalue weighted by Crippen LogP contribution is 2.22. The third-order valence-corrected chi connectivity index (χ3v) is 6.17. The van der Waals surface area contributed by atoms with Gasteiger partial charge >= 0.3 is 5.97 Å². The van der Waals surface area contributed by atoms with Crippen LogP contribution in [0.2, 0.25) is 0 Å². The number of rotatable bonds is 7. The van der Waals surface area contributed by atoms with E-state index in [1.165, 1.54) is 0 Å². The summed E-state index contributed by atoms with van der Waals surface area (Å²) in [5, 5.41) is 0. The van der Waals surface area contributed by atoms with Crippen LogP contribution in [0, 0.1) is 0 Å². The number of hydrogen-bond donors (Lipinski definition) is 1. The Bertz CT molecular complexity index is 954. The van der Waals surface area contributed by atoms with Crippen LogP contribution in [-0.2, 0) is 26.2 Å². The van der Waals surface area contributed by atoms with Gasteiger partial charge in [-0.1, -0.05) is 24.3 Å². The summed E-state index contributed by atoms with van der Waals surface area (Å²) in [4.78, 5) is 17.5. The number of esters is 1. The van der Waals surface area contributed by atoms with Crippen LogP contribution in [0.4, 0.5) is 0 Å². The second kappa shape index (κ2) is 8.58. The zero-order valence-corrected chi connectivity index (χ0v) is 16.5. The van der Waals surface area contributed by atoms with Crippen molar-refractivity contribution in [3.63, 3.8) is 0 Å². The van der Waals surface area contributed by atoms with Gasteiger partial charge in [0.05, 0.1) is 4.90 Å². The standard InChI is InChI=1S/C19H20N2O4S2/c1-26-15-10-8-14(9-11-15)13-25-18(22)7-4-12-20-19-16-5-2-3-6-17(16)27(23,24)21-19/h2-3,5-6,8-11H,4,7,12-13H2,1H3,(H,20,21). The van der Waals surface area contributed by atoms with Crippen molar-refractivity contribution in [1.82, 2.24) is 4.72 Å². The fraction of sp³-hybridized carbons (Fsp3) is 0.263. The minimum Gasteiger partial charge on any atom is -0.461 e. The van der Waals surface area contributed by atoms with Gasteiger partial charge in [0.25, 0.3) is 10.0 Å². The number of carbonyl (C=O) groups excluding carboxylic acids is 1. The predicted molar refractivity (Wildman–Crippen MR) is 105 cm³/mol. The van der Waals surface area contributed by atoms with E-state index in [2.05, 4.69) is 9.71 Å². The Morgan fingerprint density at radius 3 is 2.63 bits per heavy atom. The van der Waals surface area contributed by atoms with Crippen molar-refractivity contribution in [1.29, 1.82) is 0 Å². The first-order valence-corrected chi connectivity index (χ1v) is 11.2. The number of thioether (sulfide) groups is 1. The highest BCUT2D eigenvalue weighted by Gasteiger charge is 2.29. The normalized spacial score (nSPS) is 16.0. The number of benzene rings is 2. The largest absolute Gasteiger partial charge is 0.461 e. The molecule has 0 aromatic heterocycles. The van der Waals surface area contributed by atoms with Crippen LogP contribution in [0.25, 0.3) is 0 Å². The van der Waals surface area contributed by atoms with Crippen molar-refractivity contribution in [3.05, 3.63) is 59.7 Å². The Labute approximate surface area is 163 Å². The first-order valence-electron chi connectivity index (χ1n) is 8.45. The summed E-state index contributed by atoms with van der Waals surface area (Å²) < 4.78 is 31.7. The zero-order valence-electron chi connectivity index (χ0n) is 14.8. The third kappa shape index (κ3) is 4.90. The summed E-state index contributed by atoms with van der Waals surface area (Å²) in [7, 11) is -3.53. The Hall–Kier alpha value is -2.32. The number of aliphatic imine (C=N–C) groups is 1. The number of sulfonamides is 1. The molecule has 1 aliphatic heterocycles. The molecule has 0 radical (unpaired) electrons. The van der Waals surface area contributed by atoms with Crippen LogP contribution in [-0.4, -0.2) is 33.0 Å². The van der Waals surface area contributed by atoms with E-state index in [9.17, 15) is 13.2 Å². The van der Waals surface area contributed by atoms with Gasteiger partial charge in [-0.2, -0.15) is 0 Å². The summed E-state index contributed by atoms with van der Waals surface area (Å²) in [6.45, 7) is 0.582. The molecule has 0 atom stereocenters. The molecule has 2 aromatic carbocycles. The number of nitrogens with zero attached hydrogens (tertiary/aromatic N) is 1. The lowest BCUT2D eigenvalue weighted by Crippen LogP contribution is -2.22. The van der Waals surface area contributed by atoms with Gasteiger partial charge in [-0.15, -0.1) is 11.8 Å². The molecule has 8 heteroatoms. The van der Waals surface area contributed by atoms with Gasteiger partial charge in [0, 0.05) is 23.4 Å². The summed E-state index contributed by atoms with van der Waals surface area (Å²) >= 11 is 1.66. The Balaban J connectivity index is 1.46. The maximum Gasteiger partial charge on any atom is 0.306 e. The molecule has 142 valence electrons. The van der Waals surface area contributed by atoms with Gasteiger partial charge in [-0.05, 0) is 42.5 Å². The van der Waals surface area contributed by atoms with Gasteiger partial charge < -0.3 is 4.74 Å². The van der Waals surface area contributed by atoms with Gasteiger partial charge in [0.1, 0.15) is 12.4 Å². The summed E-state index contributed by atoms with van der Waals surface area (Å²) in [5.74, 6) is 0.0318. The molecule has 1 heterocycles. The smallest absolute Gasteiger partial charge is 0.306 e. The summed E-state index contributed by atoms with van der Waals surface area (Å²) in [5.41, 5.74) is 1.51. The van der Waals surface area contributed by atoms with E-state index in [1.54, 1.807) is 36.0 Å². The maximum atomic E-state index is 12.0. The number of hydrogen-bond acceptors (Lipinski definition) is 6. The van der Waals surface area contributed by atoms with E-state index < -0.39 is 10.0 Å². The molecule has 6 nitrogen and oxygen atoms in total. The number of carbonyl (C=O) groups is 1. The van der Waals surface area contributed by atoms with Gasteiger partial charge in [-0.3, -0.25) is 14.5 Å². The van der Waals surface area contributed by atoms with Crippen molar-refractivity contribution < 1.29 is 17.9 Å². The number of nitrogens with one attached hydrogen (secondary N) is 1. The van der Waals surface area contributed by atoms with E-state index in [-0.39, 0.29) is 23.9 Å². The van der Waals surface area contributed by atoms with Crippen LogP contribution < -0.4 is 4.72 Å². The molecular formula is C19H20N2O4S2. The van der Waals surface area contributed by atoms with E-state index in [0.29, 0.717) is 24.4 Å². The molecule has 0 unspecified atom stereocenters. The average molecular weight is 405 g/mol. The first kappa shape index (κ1) is 19.4. The molecule has 0 aliphatic carbocycles. The summed E-state index contributed by atoms with van der Waals surface area (Å²) in [6, 6.07) is 14.6. The second-order valence-corrected chi connectivity index (χ2v) is 8.47. The van der Waals surface area contributed by atoms with Gasteiger partial charge in [0.2, 0.25) is 0 Å². The van der Waals surface area contributed by atoms with Gasteiger partial charge in [0.15, 0.2) is 0 Å². The van der Waals surface area contributed by atoms with E-state index in [1.807, 2.05) is 30.5 Å². The molecule has 2 aromatic rings. The minimum absolute atomic E-state index is 0.230. The predicted octanol–water partition coefficient (Wildman–Crippen LogP) is 2.97. The number of fused-ring (bicyclic) bond motifs is 1. The fourth-order valence-corrected chi connectivity index (χ4v) is 4.28. The molecular weight excluding hydrogens is 384 g/mol. The van der Waals surface area contributed by atoms with Gasteiger partial charge in [-0.25, -0.2) is 8.42 Å². The number of ether oxygens (including phenoxy) is 1. The molecule has 0 amide bonds. The Morgan fingerprint density at radius 2 is 1.89 bits per heavy atom. The lowest BCUT2D eigenvalue weighted by molar-refractivity contribution is -0.145. The number of amidine groups is 1. The van der Waals surface area contributed by atoms with Crippen molar-refractivity contribution in [2.45, 2.75) is 29.2 Å². The van der Waals surface area contributed by atoms with Crippen LogP contribution in [0.5, 0.6) is 0 Å². The van der Waals surface area contributed by atoms with Crippen LogP contribution in [0.3, 0.4) is 0 Å². The molecule has 0 bridgehead atoms. The van der Waals surface area contributed by atoms with Crippen molar-refractivity contribution in [3.8, 4) is 0 Å². The third-order valence-electron chi connectivity index (χ3n) is 4.03. The molecule has 0 saturated carbocycles. The fourth-order valence-electron chi connectivity index (χ4n) is 2.62. The van der Waals surface area contributed by atoms with Crippen molar-refractivity contribution in [2.24, 2.45) is 4.99 Å². The molecule has 0 spiro atoms. The monoisotopic (exact) mass is 404 g/mol. The lowest BCUT2D eigenvalue weighted by Gasteiger charge is -2.05. The minimum atomic E-state index is -3.53. The highest BCUT2D eigenvalue weighted by atomic mass is 32.2. The van der Waals surface area contributed by atoms with Crippen LogP contribution in [0.15, 0.2) is 63.3 Å². The molecule has 3 rings (SSSR count). The maximum absolute atomic E-state index is 12.0. The zero-order chi connectivity index (χ0) is 19.3. The van der Waals surface area contributed by atoms with Crippen molar-refractivity contribution in [2.75, 3.05) is 12.8 Å². The molecule has 27 heavy (non-hydrogen) atoms.